The van der Waals surface area contributed by atoms with E-state index in [1.165, 1.54) is 4.68 Å². The molecule has 1 aliphatic rings. The van der Waals surface area contributed by atoms with Gasteiger partial charge in [0.15, 0.2) is 11.9 Å². The Kier molecular flexibility index (Phi) is 9.65. The molecule has 3 atom stereocenters. The van der Waals surface area contributed by atoms with Crippen molar-refractivity contribution in [2.75, 3.05) is 26.1 Å². The van der Waals surface area contributed by atoms with Crippen molar-refractivity contribution < 1.29 is 28.8 Å². The number of methoxy groups -OCH3 is 2. The second kappa shape index (κ2) is 13.9. The van der Waals surface area contributed by atoms with Gasteiger partial charge < -0.3 is 24.1 Å². The molecule has 2 aromatic heterocycles. The predicted octanol–water partition coefficient (Wildman–Crippen LogP) is 5.15. The molecule has 3 heterocycles. The molecule has 250 valence electrons. The number of halogens is 1. The first-order valence-electron chi connectivity index (χ1n) is 15.5. The molecule has 5 aromatic rings. The number of amides is 1. The van der Waals surface area contributed by atoms with E-state index in [1.54, 1.807) is 28.1 Å². The lowest BCUT2D eigenvalue weighted by atomic mass is 9.80. The van der Waals surface area contributed by atoms with Crippen LogP contribution in [-0.4, -0.2) is 63.8 Å². The molecule has 1 aliphatic heterocycles. The number of aliphatic hydroxyl groups is 1. The Hall–Kier alpha value is -4.56. The van der Waals surface area contributed by atoms with Gasteiger partial charge in [-0.1, -0.05) is 68.4 Å². The van der Waals surface area contributed by atoms with Crippen molar-refractivity contribution in [2.24, 2.45) is 5.92 Å². The fourth-order valence-corrected chi connectivity index (χ4v) is 6.35. The van der Waals surface area contributed by atoms with Crippen molar-refractivity contribution in [2.45, 2.75) is 44.3 Å². The van der Waals surface area contributed by atoms with Crippen LogP contribution in [0.15, 0.2) is 88.3 Å². The normalized spacial score (nSPS) is 17.9. The number of aliphatic hydroxyl groups excluding tert-OH is 1. The molecule has 0 unspecified atom stereocenters. The van der Waals surface area contributed by atoms with E-state index in [2.05, 4.69) is 36.3 Å². The molecule has 0 saturated carbocycles. The van der Waals surface area contributed by atoms with Gasteiger partial charge in [-0.3, -0.25) is 19.9 Å². The van der Waals surface area contributed by atoms with Crippen LogP contribution in [0.2, 0.25) is 0 Å². The number of nitrogens with zero attached hydrogens (tertiary/aromatic N) is 3. The monoisotopic (exact) mass is 717 g/mol. The Labute approximate surface area is 285 Å². The van der Waals surface area contributed by atoms with Crippen molar-refractivity contribution in [3.63, 3.8) is 0 Å². The second-order valence-corrected chi connectivity index (χ2v) is 12.5. The maximum absolute atomic E-state index is 13.0. The van der Waals surface area contributed by atoms with Gasteiger partial charge in [-0.05, 0) is 56.9 Å². The average molecular weight is 719 g/mol. The number of hydrogen-bond donors (Lipinski definition) is 3. The summed E-state index contributed by atoms with van der Waals surface area (Å²) in [5.41, 5.74) is 1.14. The number of carbonyl (C=O) groups excluding carboxylic acids is 1. The van der Waals surface area contributed by atoms with Gasteiger partial charge in [0.1, 0.15) is 33.2 Å². The predicted molar refractivity (Wildman–Crippen MR) is 182 cm³/mol. The zero-order chi connectivity index (χ0) is 34.0. The number of fused-ring (bicyclic) bond motifs is 1. The lowest BCUT2D eigenvalue weighted by Crippen LogP contribution is -2.38. The number of carbonyl (C=O) groups is 1. The van der Waals surface area contributed by atoms with Crippen molar-refractivity contribution in [1.82, 2.24) is 19.7 Å². The Balaban J connectivity index is 1.35. The van der Waals surface area contributed by atoms with Gasteiger partial charge in [0.2, 0.25) is 11.9 Å². The van der Waals surface area contributed by atoms with Gasteiger partial charge in [-0.25, -0.2) is 4.68 Å². The van der Waals surface area contributed by atoms with Crippen LogP contribution in [0.1, 0.15) is 43.2 Å². The van der Waals surface area contributed by atoms with E-state index < -0.39 is 29.6 Å². The van der Waals surface area contributed by atoms with Crippen LogP contribution in [0.25, 0.3) is 11.0 Å². The number of ether oxygens (including phenoxy) is 4. The number of anilines is 1. The first kappa shape index (κ1) is 33.3. The molecule has 1 fully saturated rings. The van der Waals surface area contributed by atoms with E-state index >= 15 is 0 Å². The summed E-state index contributed by atoms with van der Waals surface area (Å²) in [5.74, 6) is 0.762. The second-order valence-electron chi connectivity index (χ2n) is 11.7. The van der Waals surface area contributed by atoms with Gasteiger partial charge in [-0.15, -0.1) is 0 Å². The first-order valence-corrected chi connectivity index (χ1v) is 16.2. The minimum atomic E-state index is -1.11. The molecule has 12 nitrogen and oxygen atoms in total. The summed E-state index contributed by atoms with van der Waals surface area (Å²) in [6.07, 6.45) is -2.33. The average Bonchev–Trinajstić information content (AvgIpc) is 3.64. The maximum Gasteiger partial charge on any atom is 0.264 e. The van der Waals surface area contributed by atoms with E-state index in [9.17, 15) is 14.7 Å². The van der Waals surface area contributed by atoms with E-state index in [4.69, 9.17) is 18.9 Å². The highest BCUT2D eigenvalue weighted by Crippen LogP contribution is 2.43. The van der Waals surface area contributed by atoms with E-state index in [0.717, 1.165) is 16.7 Å². The van der Waals surface area contributed by atoms with Gasteiger partial charge in [-0.2, -0.15) is 10.1 Å². The zero-order valence-electron chi connectivity index (χ0n) is 26.8. The minimum Gasteiger partial charge on any atom is -0.497 e. The van der Waals surface area contributed by atoms with Gasteiger partial charge in [0, 0.05) is 12.3 Å². The van der Waals surface area contributed by atoms with Crippen LogP contribution in [0, 0.1) is 5.92 Å². The van der Waals surface area contributed by atoms with Crippen molar-refractivity contribution in [3.8, 4) is 11.5 Å². The largest absolute Gasteiger partial charge is 0.497 e. The molecule has 0 bridgehead atoms. The summed E-state index contributed by atoms with van der Waals surface area (Å²) in [7, 11) is 3.23. The Morgan fingerprint density at radius 3 is 2.17 bits per heavy atom. The minimum absolute atomic E-state index is 0.00526. The van der Waals surface area contributed by atoms with Crippen LogP contribution in [0.5, 0.6) is 11.5 Å². The topological polar surface area (TPSA) is 150 Å². The van der Waals surface area contributed by atoms with Gasteiger partial charge in [0.25, 0.3) is 5.56 Å². The van der Waals surface area contributed by atoms with Crippen LogP contribution in [0.3, 0.4) is 0 Å². The Morgan fingerprint density at radius 2 is 1.60 bits per heavy atom. The number of aromatic amines is 1. The van der Waals surface area contributed by atoms with Crippen LogP contribution >= 0.6 is 15.9 Å². The molecule has 3 aromatic carbocycles. The van der Waals surface area contributed by atoms with Crippen molar-refractivity contribution in [1.29, 1.82) is 0 Å². The molecular formula is C35H36BrN5O7. The lowest BCUT2D eigenvalue weighted by molar-refractivity contribution is -0.118. The lowest BCUT2D eigenvalue weighted by Gasteiger charge is -2.37. The van der Waals surface area contributed by atoms with Crippen LogP contribution in [-0.2, 0) is 19.9 Å². The highest BCUT2D eigenvalue weighted by molar-refractivity contribution is 9.10. The molecule has 0 radical (unpaired) electrons. The molecule has 48 heavy (non-hydrogen) atoms. The fourth-order valence-electron chi connectivity index (χ4n) is 5.82. The molecule has 0 spiro atoms. The van der Waals surface area contributed by atoms with Crippen LogP contribution in [0.4, 0.5) is 5.95 Å². The number of aromatic nitrogens is 4. The highest BCUT2D eigenvalue weighted by atomic mass is 79.9. The SMILES string of the molecule is COc1ccc(C(OC[C@H]2O[C@@H](n3nc(Br)c4c(=O)[nH]c(NC(=O)C(C)C)nc43)C[C@@H]2O)(c2ccccc2)c2ccc(OC)cc2)cc1. The Bertz CT molecular complexity index is 1900. The number of nitrogens with one attached hydrogen (secondary N) is 2. The maximum atomic E-state index is 13.0. The first-order chi connectivity index (χ1) is 23.1. The van der Waals surface area contributed by atoms with E-state index in [-0.39, 0.29) is 46.4 Å². The summed E-state index contributed by atoms with van der Waals surface area (Å²) < 4.78 is 25.9. The van der Waals surface area contributed by atoms with Crippen molar-refractivity contribution >= 4 is 38.8 Å². The quantitative estimate of drug-likeness (QED) is 0.158. The zero-order valence-corrected chi connectivity index (χ0v) is 28.4. The molecular weight excluding hydrogens is 682 g/mol. The summed E-state index contributed by atoms with van der Waals surface area (Å²) in [6.45, 7) is 3.46. The summed E-state index contributed by atoms with van der Waals surface area (Å²) in [5, 5.41) is 18.6. The summed E-state index contributed by atoms with van der Waals surface area (Å²) in [6, 6.07) is 25.2. The number of benzene rings is 3. The highest BCUT2D eigenvalue weighted by Gasteiger charge is 2.42. The van der Waals surface area contributed by atoms with E-state index in [1.807, 2.05) is 78.9 Å². The number of H-pyrrole nitrogens is 1. The number of rotatable bonds is 11. The van der Waals surface area contributed by atoms with Gasteiger partial charge >= 0.3 is 0 Å². The summed E-state index contributed by atoms with van der Waals surface area (Å²) >= 11 is 3.36. The molecule has 3 N–H and O–H groups in total. The smallest absolute Gasteiger partial charge is 0.264 e. The third kappa shape index (κ3) is 6.33. The standard InChI is InChI=1S/C35H36BrN5O7/c1-20(2)32(43)38-34-37-31-29(33(44)39-34)30(36)40-41(31)28-18-26(42)27(48-28)19-47-35(21-8-6-5-7-9-21,22-10-14-24(45-3)15-11-22)23-12-16-25(46-4)17-13-23/h5-17,20,26-28,42H,18-19H2,1-4H3,(H2,37,38,39,43,44)/t26-,27+,28+/m0/s1. The third-order valence-electron chi connectivity index (χ3n) is 8.40. The molecule has 1 amide bonds. The fraction of sp³-hybridized carbons (Fsp3) is 0.314. The van der Waals surface area contributed by atoms with E-state index in [0.29, 0.717) is 11.5 Å². The molecule has 13 heteroatoms. The number of hydrogen-bond acceptors (Lipinski definition) is 9. The molecule has 0 aliphatic carbocycles. The van der Waals surface area contributed by atoms with Gasteiger partial charge in [0.05, 0.1) is 26.9 Å². The third-order valence-corrected chi connectivity index (χ3v) is 8.95. The summed E-state index contributed by atoms with van der Waals surface area (Å²) in [4.78, 5) is 32.4. The Morgan fingerprint density at radius 1 is 1.02 bits per heavy atom. The van der Waals surface area contributed by atoms with Crippen LogP contribution < -0.4 is 20.3 Å². The molecule has 6 rings (SSSR count). The van der Waals surface area contributed by atoms with Crippen molar-refractivity contribution in [3.05, 3.63) is 111 Å². The molecule has 1 saturated heterocycles.